The number of anilines is 1. The summed E-state index contributed by atoms with van der Waals surface area (Å²) >= 11 is 0. The zero-order chi connectivity index (χ0) is 15.0. The molecule has 0 saturated heterocycles. The molecule has 0 saturated carbocycles. The van der Waals surface area contributed by atoms with Crippen molar-refractivity contribution in [3.05, 3.63) is 24.3 Å². The summed E-state index contributed by atoms with van der Waals surface area (Å²) in [5.74, 6) is 0.141. The maximum atomic E-state index is 11.7. The van der Waals surface area contributed by atoms with E-state index >= 15 is 0 Å². The van der Waals surface area contributed by atoms with Gasteiger partial charge in [-0.15, -0.1) is 0 Å². The molecule has 0 amide bonds. The first-order valence-corrected chi connectivity index (χ1v) is 8.97. The molecule has 0 fully saturated rings. The Bertz CT molecular complexity index is 483. The predicted octanol–water partition coefficient (Wildman–Crippen LogP) is 2.62. The quantitative estimate of drug-likeness (QED) is 0.761. The average Bonchev–Trinajstić information content (AvgIpc) is 2.47. The largest absolute Gasteiger partial charge is 0.384 e. The van der Waals surface area contributed by atoms with Crippen molar-refractivity contribution in [3.63, 3.8) is 0 Å². The van der Waals surface area contributed by atoms with E-state index in [1.54, 1.807) is 19.1 Å². The fraction of sp³-hybridized carbons (Fsp3) is 0.600. The lowest BCUT2D eigenvalue weighted by Gasteiger charge is -2.19. The lowest BCUT2D eigenvalue weighted by Crippen LogP contribution is -2.29. The van der Waals surface area contributed by atoms with Gasteiger partial charge in [0.2, 0.25) is 0 Å². The Morgan fingerprint density at radius 2 is 1.70 bits per heavy atom. The number of rotatable bonds is 9. The molecule has 114 valence electrons. The molecule has 0 aliphatic heterocycles. The van der Waals surface area contributed by atoms with Crippen LogP contribution in [0.4, 0.5) is 5.69 Å². The lowest BCUT2D eigenvalue weighted by atomic mass is 10.3. The first-order valence-electron chi connectivity index (χ1n) is 7.32. The normalized spacial score (nSPS) is 11.8. The second-order valence-corrected chi connectivity index (χ2v) is 7.07. The van der Waals surface area contributed by atoms with E-state index in [4.69, 9.17) is 0 Å². The van der Waals surface area contributed by atoms with Crippen LogP contribution in [0.3, 0.4) is 0 Å². The molecule has 0 aliphatic carbocycles. The Kier molecular flexibility index (Phi) is 7.02. The Balaban J connectivity index is 2.50. The molecule has 20 heavy (non-hydrogen) atoms. The zero-order valence-corrected chi connectivity index (χ0v) is 13.5. The van der Waals surface area contributed by atoms with Crippen molar-refractivity contribution in [1.82, 2.24) is 4.90 Å². The van der Waals surface area contributed by atoms with Gasteiger partial charge in [-0.3, -0.25) is 0 Å². The number of nitrogens with zero attached hydrogens (tertiary/aromatic N) is 1. The Morgan fingerprint density at radius 3 is 2.20 bits per heavy atom. The van der Waals surface area contributed by atoms with E-state index in [-0.39, 0.29) is 5.75 Å². The van der Waals surface area contributed by atoms with Crippen LogP contribution < -0.4 is 5.32 Å². The summed E-state index contributed by atoms with van der Waals surface area (Å²) in [4.78, 5) is 2.79. The van der Waals surface area contributed by atoms with Crippen LogP contribution in [0, 0.1) is 0 Å². The summed E-state index contributed by atoms with van der Waals surface area (Å²) in [6.07, 6.45) is 1.16. The number of nitrogens with one attached hydrogen (secondary N) is 1. The van der Waals surface area contributed by atoms with Crippen LogP contribution in [-0.4, -0.2) is 45.2 Å². The molecular weight excluding hydrogens is 272 g/mol. The fourth-order valence-electron chi connectivity index (χ4n) is 2.05. The molecule has 1 rings (SSSR count). The molecule has 4 nitrogen and oxygen atoms in total. The van der Waals surface area contributed by atoms with E-state index in [0.29, 0.717) is 4.90 Å². The summed E-state index contributed by atoms with van der Waals surface area (Å²) in [5.41, 5.74) is 0.965. The Hall–Kier alpha value is -1.07. The highest BCUT2D eigenvalue weighted by Gasteiger charge is 2.10. The van der Waals surface area contributed by atoms with Gasteiger partial charge in [-0.05, 0) is 43.8 Å². The molecule has 0 unspecified atom stereocenters. The topological polar surface area (TPSA) is 49.4 Å². The number of hydrogen-bond acceptors (Lipinski definition) is 4. The van der Waals surface area contributed by atoms with Gasteiger partial charge in [0.05, 0.1) is 10.6 Å². The predicted molar refractivity (Wildman–Crippen MR) is 85.1 cm³/mol. The number of sulfone groups is 1. The van der Waals surface area contributed by atoms with Crippen LogP contribution >= 0.6 is 0 Å². The maximum Gasteiger partial charge on any atom is 0.178 e. The smallest absolute Gasteiger partial charge is 0.178 e. The van der Waals surface area contributed by atoms with Crippen LogP contribution in [0.15, 0.2) is 29.2 Å². The molecule has 0 spiro atoms. The van der Waals surface area contributed by atoms with E-state index in [0.717, 1.165) is 38.3 Å². The van der Waals surface area contributed by atoms with Gasteiger partial charge in [-0.2, -0.15) is 0 Å². The Morgan fingerprint density at radius 1 is 1.05 bits per heavy atom. The zero-order valence-electron chi connectivity index (χ0n) is 12.7. The average molecular weight is 298 g/mol. The van der Waals surface area contributed by atoms with Crippen LogP contribution in [0.25, 0.3) is 0 Å². The minimum Gasteiger partial charge on any atom is -0.384 e. The molecule has 0 atom stereocenters. The van der Waals surface area contributed by atoms with Crippen molar-refractivity contribution in [3.8, 4) is 0 Å². The highest BCUT2D eigenvalue weighted by molar-refractivity contribution is 7.91. The molecule has 1 aromatic carbocycles. The van der Waals surface area contributed by atoms with Crippen molar-refractivity contribution in [1.29, 1.82) is 0 Å². The number of hydrogen-bond donors (Lipinski definition) is 1. The number of benzene rings is 1. The van der Waals surface area contributed by atoms with E-state index in [1.165, 1.54) is 0 Å². The van der Waals surface area contributed by atoms with E-state index < -0.39 is 9.84 Å². The monoisotopic (exact) mass is 298 g/mol. The van der Waals surface area contributed by atoms with Crippen LogP contribution in [0.2, 0.25) is 0 Å². The third-order valence-corrected chi connectivity index (χ3v) is 5.09. The SMILES string of the molecule is CCCN(CC)CCNc1ccc(S(=O)(=O)CC)cc1. The molecule has 0 heterocycles. The first kappa shape index (κ1) is 17.0. The molecule has 1 aromatic rings. The second-order valence-electron chi connectivity index (χ2n) is 4.79. The third kappa shape index (κ3) is 5.13. The lowest BCUT2D eigenvalue weighted by molar-refractivity contribution is 0.300. The molecule has 0 radical (unpaired) electrons. The molecule has 1 N–H and O–H groups in total. The van der Waals surface area contributed by atoms with Crippen molar-refractivity contribution in [2.75, 3.05) is 37.2 Å². The van der Waals surface area contributed by atoms with Gasteiger partial charge in [0, 0.05) is 18.8 Å². The molecule has 0 aromatic heterocycles. The standard InChI is InChI=1S/C15H26N2O2S/c1-4-12-17(5-2)13-11-16-14-7-9-15(10-8-14)20(18,19)6-3/h7-10,16H,4-6,11-13H2,1-3H3. The molecule has 5 heteroatoms. The van der Waals surface area contributed by atoms with Crippen molar-refractivity contribution in [2.24, 2.45) is 0 Å². The van der Waals surface area contributed by atoms with Crippen LogP contribution in [-0.2, 0) is 9.84 Å². The molecule has 0 bridgehead atoms. The summed E-state index contributed by atoms with van der Waals surface area (Å²) in [6.45, 7) is 10.1. The van der Waals surface area contributed by atoms with Gasteiger partial charge in [-0.1, -0.05) is 20.8 Å². The van der Waals surface area contributed by atoms with Gasteiger partial charge in [0.1, 0.15) is 0 Å². The van der Waals surface area contributed by atoms with Crippen molar-refractivity contribution >= 4 is 15.5 Å². The minimum atomic E-state index is -3.10. The van der Waals surface area contributed by atoms with Crippen LogP contribution in [0.5, 0.6) is 0 Å². The highest BCUT2D eigenvalue weighted by Crippen LogP contribution is 2.15. The Labute approximate surface area is 123 Å². The summed E-state index contributed by atoms with van der Waals surface area (Å²) in [6, 6.07) is 7.01. The maximum absolute atomic E-state index is 11.7. The van der Waals surface area contributed by atoms with E-state index in [2.05, 4.69) is 24.1 Å². The van der Waals surface area contributed by atoms with Gasteiger partial charge >= 0.3 is 0 Å². The highest BCUT2D eigenvalue weighted by atomic mass is 32.2. The molecular formula is C15H26N2O2S. The third-order valence-electron chi connectivity index (χ3n) is 3.34. The van der Waals surface area contributed by atoms with E-state index in [9.17, 15) is 8.42 Å². The van der Waals surface area contributed by atoms with E-state index in [1.807, 2.05) is 12.1 Å². The summed E-state index contributed by atoms with van der Waals surface area (Å²) < 4.78 is 23.4. The first-order chi connectivity index (χ1) is 9.53. The van der Waals surface area contributed by atoms with Crippen molar-refractivity contribution in [2.45, 2.75) is 32.1 Å². The van der Waals surface area contributed by atoms with Crippen LogP contribution in [0.1, 0.15) is 27.2 Å². The number of likely N-dealkylation sites (N-methyl/N-ethyl adjacent to an activating group) is 1. The summed E-state index contributed by atoms with van der Waals surface area (Å²) in [7, 11) is -3.10. The van der Waals surface area contributed by atoms with Gasteiger partial charge in [0.25, 0.3) is 0 Å². The van der Waals surface area contributed by atoms with Gasteiger partial charge < -0.3 is 10.2 Å². The fourth-order valence-corrected chi connectivity index (χ4v) is 2.93. The summed E-state index contributed by atoms with van der Waals surface area (Å²) in [5, 5.41) is 3.33. The minimum absolute atomic E-state index is 0.141. The second kappa shape index (κ2) is 8.27. The van der Waals surface area contributed by atoms with Gasteiger partial charge in [-0.25, -0.2) is 8.42 Å². The van der Waals surface area contributed by atoms with Crippen molar-refractivity contribution < 1.29 is 8.42 Å². The molecule has 0 aliphatic rings. The van der Waals surface area contributed by atoms with Gasteiger partial charge in [0.15, 0.2) is 9.84 Å².